The van der Waals surface area contributed by atoms with E-state index in [1.54, 1.807) is 0 Å². The van der Waals surface area contributed by atoms with Crippen LogP contribution in [0.3, 0.4) is 0 Å². The Morgan fingerprint density at radius 2 is 2.00 bits per heavy atom. The lowest BCUT2D eigenvalue weighted by molar-refractivity contribution is 0.143. The van der Waals surface area contributed by atoms with Crippen LogP contribution in [0.15, 0.2) is 11.1 Å². The topological polar surface area (TPSA) is 73.1 Å². The van der Waals surface area contributed by atoms with Gasteiger partial charge in [0, 0.05) is 3.57 Å². The third kappa shape index (κ3) is 2.78. The first-order valence-electron chi connectivity index (χ1n) is 3.40. The van der Waals surface area contributed by atoms with Gasteiger partial charge in [0.25, 0.3) is 16.4 Å². The molecule has 15 heavy (non-hydrogen) atoms. The number of sulfonamides is 1. The molecule has 0 atom stereocenters. The molecule has 0 saturated carbocycles. The van der Waals surface area contributed by atoms with Crippen LogP contribution in [0.25, 0.3) is 0 Å². The molecule has 2 N–H and O–H groups in total. The molecule has 0 aromatic carbocycles. The number of hydrogen-bond donors (Lipinski definition) is 1. The normalized spacial score (nSPS) is 12.1. The first kappa shape index (κ1) is 12.6. The van der Waals surface area contributed by atoms with Crippen LogP contribution in [0.4, 0.5) is 13.2 Å². The van der Waals surface area contributed by atoms with E-state index in [2.05, 4.69) is 10.1 Å². The van der Waals surface area contributed by atoms with Gasteiger partial charge in [-0.1, -0.05) is 0 Å². The maximum absolute atomic E-state index is 13.0. The quantitative estimate of drug-likeness (QED) is 0.646. The Kier molecular flexibility index (Phi) is 3.55. The molecule has 9 heteroatoms. The van der Waals surface area contributed by atoms with Crippen molar-refractivity contribution in [1.29, 1.82) is 0 Å². The Hall–Kier alpha value is -0.420. The van der Waals surface area contributed by atoms with E-state index >= 15 is 0 Å². The number of pyridine rings is 1. The standard InChI is InChI=1S/C6H4F3IN2O2S/c7-5(8)4-2(10)1-3(12-6(4)9)15(11,13)14/h1,5H,(H2,11,13,14). The molecular formula is C6H4F3IN2O2S. The number of aromatic nitrogens is 1. The van der Waals surface area contributed by atoms with Crippen molar-refractivity contribution >= 4 is 32.6 Å². The molecular weight excluding hydrogens is 348 g/mol. The van der Waals surface area contributed by atoms with Crippen LogP contribution in [-0.2, 0) is 10.0 Å². The number of alkyl halides is 2. The van der Waals surface area contributed by atoms with E-state index in [0.29, 0.717) is 0 Å². The van der Waals surface area contributed by atoms with Gasteiger partial charge in [0.2, 0.25) is 5.95 Å². The summed E-state index contributed by atoms with van der Waals surface area (Å²) < 4.78 is 58.8. The summed E-state index contributed by atoms with van der Waals surface area (Å²) in [5.74, 6) is -1.53. The van der Waals surface area contributed by atoms with Gasteiger partial charge in [-0.05, 0) is 28.7 Å². The van der Waals surface area contributed by atoms with Crippen molar-refractivity contribution in [3.63, 3.8) is 0 Å². The zero-order chi connectivity index (χ0) is 11.8. The van der Waals surface area contributed by atoms with Gasteiger partial charge in [-0.15, -0.1) is 0 Å². The summed E-state index contributed by atoms with van der Waals surface area (Å²) in [7, 11) is -4.19. The number of halogens is 4. The second-order valence-electron chi connectivity index (χ2n) is 2.49. The van der Waals surface area contributed by atoms with Crippen molar-refractivity contribution in [2.45, 2.75) is 11.5 Å². The van der Waals surface area contributed by atoms with Crippen LogP contribution in [0.2, 0.25) is 0 Å². The first-order valence-corrected chi connectivity index (χ1v) is 6.03. The largest absolute Gasteiger partial charge is 0.269 e. The third-order valence-electron chi connectivity index (χ3n) is 1.45. The second-order valence-corrected chi connectivity index (χ2v) is 5.16. The van der Waals surface area contributed by atoms with E-state index in [1.807, 2.05) is 0 Å². The van der Waals surface area contributed by atoms with Crippen LogP contribution in [-0.4, -0.2) is 13.4 Å². The fraction of sp³-hybridized carbons (Fsp3) is 0.167. The molecule has 4 nitrogen and oxygen atoms in total. The van der Waals surface area contributed by atoms with E-state index < -0.39 is 33.0 Å². The Balaban J connectivity index is 3.45. The molecule has 1 rings (SSSR count). The van der Waals surface area contributed by atoms with Crippen molar-refractivity contribution in [3.8, 4) is 0 Å². The fourth-order valence-electron chi connectivity index (χ4n) is 0.814. The predicted molar refractivity (Wildman–Crippen MR) is 53.2 cm³/mol. The monoisotopic (exact) mass is 352 g/mol. The van der Waals surface area contributed by atoms with Crippen LogP contribution in [0, 0.1) is 9.52 Å². The van der Waals surface area contributed by atoms with E-state index in [-0.39, 0.29) is 3.57 Å². The minimum atomic E-state index is -4.19. The molecule has 0 aliphatic carbocycles. The lowest BCUT2D eigenvalue weighted by Gasteiger charge is -2.05. The van der Waals surface area contributed by atoms with Crippen molar-refractivity contribution in [2.75, 3.05) is 0 Å². The van der Waals surface area contributed by atoms with Gasteiger partial charge >= 0.3 is 0 Å². The fourth-order valence-corrected chi connectivity index (χ4v) is 2.27. The van der Waals surface area contributed by atoms with Gasteiger partial charge < -0.3 is 0 Å². The smallest absolute Gasteiger partial charge is 0.223 e. The van der Waals surface area contributed by atoms with Gasteiger partial charge in [0.1, 0.15) is 0 Å². The van der Waals surface area contributed by atoms with Crippen LogP contribution >= 0.6 is 22.6 Å². The average molecular weight is 352 g/mol. The molecule has 1 aromatic heterocycles. The van der Waals surface area contributed by atoms with E-state index in [1.165, 1.54) is 22.6 Å². The average Bonchev–Trinajstić information content (AvgIpc) is 1.99. The van der Waals surface area contributed by atoms with Crippen molar-refractivity contribution in [3.05, 3.63) is 21.1 Å². The molecule has 0 radical (unpaired) electrons. The number of primary sulfonamides is 1. The molecule has 0 amide bonds. The van der Waals surface area contributed by atoms with Crippen molar-refractivity contribution < 1.29 is 21.6 Å². The molecule has 0 fully saturated rings. The van der Waals surface area contributed by atoms with Crippen LogP contribution in [0.1, 0.15) is 12.0 Å². The van der Waals surface area contributed by atoms with E-state index in [4.69, 9.17) is 0 Å². The summed E-state index contributed by atoms with van der Waals surface area (Å²) in [6, 6.07) is 0.792. The maximum atomic E-state index is 13.0. The summed E-state index contributed by atoms with van der Waals surface area (Å²) in [6.07, 6.45) is -3.06. The molecule has 0 saturated heterocycles. The molecule has 0 spiro atoms. The minimum Gasteiger partial charge on any atom is -0.223 e. The predicted octanol–water partition coefficient (Wildman–Crippen LogP) is 1.41. The number of nitrogens with two attached hydrogens (primary N) is 1. The summed E-state index contributed by atoms with van der Waals surface area (Å²) in [4.78, 5) is 2.86. The molecule has 1 aromatic rings. The summed E-state index contributed by atoms with van der Waals surface area (Å²) in [5, 5.41) is 3.90. The molecule has 0 unspecified atom stereocenters. The summed E-state index contributed by atoms with van der Waals surface area (Å²) in [5.41, 5.74) is -0.928. The van der Waals surface area contributed by atoms with Crippen molar-refractivity contribution in [2.24, 2.45) is 5.14 Å². The molecule has 84 valence electrons. The number of rotatable bonds is 2. The van der Waals surface area contributed by atoms with Gasteiger partial charge in [-0.3, -0.25) is 0 Å². The lowest BCUT2D eigenvalue weighted by atomic mass is 10.3. The highest BCUT2D eigenvalue weighted by Crippen LogP contribution is 2.27. The molecule has 1 heterocycles. The third-order valence-corrected chi connectivity index (χ3v) is 3.13. The summed E-state index contributed by atoms with van der Waals surface area (Å²) in [6.45, 7) is 0. The highest BCUT2D eigenvalue weighted by molar-refractivity contribution is 14.1. The number of nitrogens with zero attached hydrogens (tertiary/aromatic N) is 1. The van der Waals surface area contributed by atoms with Gasteiger partial charge in [0.15, 0.2) is 5.03 Å². The second kappa shape index (κ2) is 4.22. The Morgan fingerprint density at radius 1 is 1.47 bits per heavy atom. The van der Waals surface area contributed by atoms with E-state index in [9.17, 15) is 21.6 Å². The molecule has 0 aliphatic rings. The Bertz CT molecular complexity index is 468. The Labute approximate surface area is 96.9 Å². The SMILES string of the molecule is NS(=O)(=O)c1cc(I)c(C(F)F)c(F)n1. The number of hydrogen-bond acceptors (Lipinski definition) is 3. The molecule has 0 bridgehead atoms. The van der Waals surface area contributed by atoms with Gasteiger partial charge in [-0.2, -0.15) is 4.39 Å². The van der Waals surface area contributed by atoms with Crippen LogP contribution < -0.4 is 5.14 Å². The highest BCUT2D eigenvalue weighted by atomic mass is 127. The minimum absolute atomic E-state index is 0.237. The summed E-state index contributed by atoms with van der Waals surface area (Å²) >= 11 is 1.39. The van der Waals surface area contributed by atoms with Crippen LogP contribution in [0.5, 0.6) is 0 Å². The zero-order valence-corrected chi connectivity index (χ0v) is 9.89. The highest BCUT2D eigenvalue weighted by Gasteiger charge is 2.22. The van der Waals surface area contributed by atoms with E-state index in [0.717, 1.165) is 6.07 Å². The maximum Gasteiger partial charge on any atom is 0.269 e. The zero-order valence-electron chi connectivity index (χ0n) is 6.92. The lowest BCUT2D eigenvalue weighted by Crippen LogP contribution is -2.16. The van der Waals surface area contributed by atoms with Crippen molar-refractivity contribution in [1.82, 2.24) is 4.98 Å². The molecule has 0 aliphatic heterocycles. The van der Waals surface area contributed by atoms with Gasteiger partial charge in [0.05, 0.1) is 5.56 Å². The van der Waals surface area contributed by atoms with Gasteiger partial charge in [-0.25, -0.2) is 27.3 Å². The Morgan fingerprint density at radius 3 is 2.33 bits per heavy atom. The first-order chi connectivity index (χ1) is 6.73.